The predicted molar refractivity (Wildman–Crippen MR) is 169 cm³/mol. The zero-order valence-electron chi connectivity index (χ0n) is 22.8. The molecule has 0 aromatic heterocycles. The first-order valence-electron chi connectivity index (χ1n) is 13.2. The Morgan fingerprint density at radius 3 is 2.48 bits per heavy atom. The van der Waals surface area contributed by atoms with E-state index in [9.17, 15) is 19.6 Å². The zero-order chi connectivity index (χ0) is 29.6. The summed E-state index contributed by atoms with van der Waals surface area (Å²) in [6.07, 6.45) is 1.62. The number of amides is 3. The van der Waals surface area contributed by atoms with Gasteiger partial charge in [0.15, 0.2) is 11.5 Å². The molecule has 2 fully saturated rings. The lowest BCUT2D eigenvalue weighted by Crippen LogP contribution is -2.51. The highest BCUT2D eigenvalue weighted by Gasteiger charge is 2.37. The van der Waals surface area contributed by atoms with Gasteiger partial charge in [-0.2, -0.15) is 5.26 Å². The quantitative estimate of drug-likeness (QED) is 0.236. The number of para-hydroxylation sites is 1. The number of ether oxygens (including phenoxy) is 2. The van der Waals surface area contributed by atoms with E-state index in [1.807, 2.05) is 48.5 Å². The topological polar surface area (TPSA) is 103 Å². The SMILES string of the molecule is COc1cc(/C=C2/SC(=O)N(CC(=O)N3CCN(c4ccccc4)CC3)C2=O)cc(I)c1OCc1ccccc1C#N. The van der Waals surface area contributed by atoms with Gasteiger partial charge < -0.3 is 19.3 Å². The summed E-state index contributed by atoms with van der Waals surface area (Å²) in [5.41, 5.74) is 3.04. The fraction of sp³-hybridized carbons (Fsp3) is 0.226. The van der Waals surface area contributed by atoms with Crippen LogP contribution in [0.5, 0.6) is 11.5 Å². The Morgan fingerprint density at radius 2 is 1.76 bits per heavy atom. The van der Waals surface area contributed by atoms with Crippen LogP contribution in [0.4, 0.5) is 10.5 Å². The lowest BCUT2D eigenvalue weighted by molar-refractivity contribution is -0.136. The van der Waals surface area contributed by atoms with Gasteiger partial charge in [0.05, 0.1) is 27.2 Å². The average Bonchev–Trinajstić information content (AvgIpc) is 3.27. The first-order chi connectivity index (χ1) is 20.4. The summed E-state index contributed by atoms with van der Waals surface area (Å²) in [6.45, 7) is 2.31. The van der Waals surface area contributed by atoms with Crippen LogP contribution < -0.4 is 14.4 Å². The van der Waals surface area contributed by atoms with Gasteiger partial charge in [-0.15, -0.1) is 0 Å². The van der Waals surface area contributed by atoms with E-state index < -0.39 is 11.1 Å². The number of rotatable bonds is 8. The number of imide groups is 1. The van der Waals surface area contributed by atoms with Crippen molar-refractivity contribution in [1.29, 1.82) is 5.26 Å². The molecule has 0 saturated carbocycles. The fourth-order valence-corrected chi connectivity index (χ4v) is 6.36. The molecule has 3 amide bonds. The van der Waals surface area contributed by atoms with Gasteiger partial charge in [-0.05, 0) is 76.3 Å². The van der Waals surface area contributed by atoms with Crippen LogP contribution >= 0.6 is 34.4 Å². The minimum Gasteiger partial charge on any atom is -0.493 e. The van der Waals surface area contributed by atoms with Crippen molar-refractivity contribution < 1.29 is 23.9 Å². The molecular formula is C31H27IN4O5S. The Morgan fingerprint density at radius 1 is 1.05 bits per heavy atom. The van der Waals surface area contributed by atoms with Gasteiger partial charge in [0.25, 0.3) is 11.1 Å². The standard InChI is InChI=1S/C31H27IN4O5S/c1-40-26-16-21(15-25(32)29(26)41-20-23-8-6-5-7-22(23)18-33)17-27-30(38)36(31(39)42-27)19-28(37)35-13-11-34(12-14-35)24-9-3-2-4-10-24/h2-10,15-17H,11-14,19-20H2,1H3/b27-17+. The van der Waals surface area contributed by atoms with Crippen molar-refractivity contribution in [2.24, 2.45) is 0 Å². The van der Waals surface area contributed by atoms with Crippen LogP contribution in [0.1, 0.15) is 16.7 Å². The maximum Gasteiger partial charge on any atom is 0.294 e. The smallest absolute Gasteiger partial charge is 0.294 e. The van der Waals surface area contributed by atoms with Gasteiger partial charge in [-0.1, -0.05) is 36.4 Å². The lowest BCUT2D eigenvalue weighted by atomic mass is 10.1. The molecule has 0 radical (unpaired) electrons. The summed E-state index contributed by atoms with van der Waals surface area (Å²) in [5.74, 6) is 0.214. The van der Waals surface area contributed by atoms with E-state index in [-0.39, 0.29) is 24.0 Å². The second-order valence-corrected chi connectivity index (χ2v) is 11.7. The Kier molecular flexibility index (Phi) is 9.34. The molecule has 0 aliphatic carbocycles. The number of carbonyl (C=O) groups is 3. The molecule has 2 saturated heterocycles. The van der Waals surface area contributed by atoms with Crippen LogP contribution in [0.2, 0.25) is 0 Å². The number of nitriles is 1. The molecule has 2 aliphatic rings. The molecule has 2 aliphatic heterocycles. The molecule has 214 valence electrons. The zero-order valence-corrected chi connectivity index (χ0v) is 25.8. The van der Waals surface area contributed by atoms with Crippen molar-refractivity contribution in [3.8, 4) is 17.6 Å². The van der Waals surface area contributed by atoms with Gasteiger partial charge >= 0.3 is 0 Å². The molecule has 0 N–H and O–H groups in total. The van der Waals surface area contributed by atoms with Crippen LogP contribution in [0, 0.1) is 14.9 Å². The Balaban J connectivity index is 1.23. The van der Waals surface area contributed by atoms with Gasteiger partial charge in [0.1, 0.15) is 13.2 Å². The van der Waals surface area contributed by atoms with Crippen LogP contribution in [0.3, 0.4) is 0 Å². The van der Waals surface area contributed by atoms with E-state index in [2.05, 4.69) is 33.6 Å². The molecule has 3 aromatic rings. The number of carbonyl (C=O) groups excluding carboxylic acids is 3. The van der Waals surface area contributed by atoms with E-state index in [0.717, 1.165) is 31.5 Å². The van der Waals surface area contributed by atoms with E-state index >= 15 is 0 Å². The van der Waals surface area contributed by atoms with Crippen LogP contribution in [0.15, 0.2) is 71.6 Å². The molecule has 0 atom stereocenters. The molecule has 0 spiro atoms. The Hall–Kier alpha value is -4.02. The van der Waals surface area contributed by atoms with E-state index in [0.29, 0.717) is 48.8 Å². The lowest BCUT2D eigenvalue weighted by Gasteiger charge is -2.36. The number of methoxy groups -OCH3 is 1. The molecule has 9 nitrogen and oxygen atoms in total. The highest BCUT2D eigenvalue weighted by atomic mass is 127. The monoisotopic (exact) mass is 694 g/mol. The number of thioether (sulfide) groups is 1. The van der Waals surface area contributed by atoms with Crippen LogP contribution in [0.25, 0.3) is 6.08 Å². The summed E-state index contributed by atoms with van der Waals surface area (Å²) in [5, 5.41) is 8.88. The predicted octanol–water partition coefficient (Wildman–Crippen LogP) is 5.14. The van der Waals surface area contributed by atoms with Crippen LogP contribution in [-0.2, 0) is 16.2 Å². The highest BCUT2D eigenvalue weighted by molar-refractivity contribution is 14.1. The van der Waals surface area contributed by atoms with Crippen molar-refractivity contribution >= 4 is 63.2 Å². The molecule has 3 aromatic carbocycles. The number of hydrogen-bond acceptors (Lipinski definition) is 8. The summed E-state index contributed by atoms with van der Waals surface area (Å²) in [4.78, 5) is 44.1. The number of halogens is 1. The van der Waals surface area contributed by atoms with Crippen molar-refractivity contribution in [3.63, 3.8) is 0 Å². The van der Waals surface area contributed by atoms with Crippen LogP contribution in [-0.4, -0.2) is 66.7 Å². The molecule has 42 heavy (non-hydrogen) atoms. The minimum absolute atomic E-state index is 0.184. The largest absolute Gasteiger partial charge is 0.493 e. The van der Waals surface area contributed by atoms with E-state index in [1.54, 1.807) is 29.2 Å². The summed E-state index contributed by atoms with van der Waals surface area (Å²) >= 11 is 2.93. The van der Waals surface area contributed by atoms with Crippen molar-refractivity contribution in [3.05, 3.63) is 91.9 Å². The number of nitrogens with zero attached hydrogens (tertiary/aromatic N) is 4. The summed E-state index contributed by atoms with van der Waals surface area (Å²) in [7, 11) is 1.52. The first kappa shape index (κ1) is 29.5. The molecular weight excluding hydrogens is 667 g/mol. The third-order valence-corrected chi connectivity index (χ3v) is 8.69. The van der Waals surface area contributed by atoms with Gasteiger partial charge in [0.2, 0.25) is 5.91 Å². The highest BCUT2D eigenvalue weighted by Crippen LogP contribution is 2.38. The van der Waals surface area contributed by atoms with Crippen molar-refractivity contribution in [1.82, 2.24) is 9.80 Å². The minimum atomic E-state index is -0.497. The maximum absolute atomic E-state index is 13.2. The van der Waals surface area contributed by atoms with Gasteiger partial charge in [-0.25, -0.2) is 0 Å². The van der Waals surface area contributed by atoms with Crippen molar-refractivity contribution in [2.75, 3.05) is 44.7 Å². The average molecular weight is 695 g/mol. The molecule has 2 heterocycles. The third kappa shape index (κ3) is 6.55. The second-order valence-electron chi connectivity index (χ2n) is 9.56. The third-order valence-electron chi connectivity index (χ3n) is 6.98. The van der Waals surface area contributed by atoms with E-state index in [1.165, 1.54) is 7.11 Å². The number of piperazine rings is 1. The number of benzene rings is 3. The molecule has 11 heteroatoms. The molecule has 0 bridgehead atoms. The van der Waals surface area contributed by atoms with Gasteiger partial charge in [0, 0.05) is 37.4 Å². The second kappa shape index (κ2) is 13.3. The van der Waals surface area contributed by atoms with Gasteiger partial charge in [-0.3, -0.25) is 19.3 Å². The van der Waals surface area contributed by atoms with Crippen molar-refractivity contribution in [2.45, 2.75) is 6.61 Å². The first-order valence-corrected chi connectivity index (χ1v) is 15.1. The number of hydrogen-bond donors (Lipinski definition) is 0. The molecule has 0 unspecified atom stereocenters. The number of anilines is 1. The Bertz CT molecular complexity index is 1580. The maximum atomic E-state index is 13.2. The fourth-order valence-electron chi connectivity index (χ4n) is 4.74. The summed E-state index contributed by atoms with van der Waals surface area (Å²) in [6, 6.07) is 22.9. The summed E-state index contributed by atoms with van der Waals surface area (Å²) < 4.78 is 12.3. The normalized spacial score (nSPS) is 16.1. The Labute approximate surface area is 261 Å². The molecule has 5 rings (SSSR count). The van der Waals surface area contributed by atoms with E-state index in [4.69, 9.17) is 9.47 Å².